The van der Waals surface area contributed by atoms with Crippen molar-refractivity contribution in [1.82, 2.24) is 10.6 Å². The van der Waals surface area contributed by atoms with Gasteiger partial charge in [-0.25, -0.2) is 0 Å². The Hall–Kier alpha value is -0.760. The van der Waals surface area contributed by atoms with Crippen LogP contribution in [-0.4, -0.2) is 20.1 Å². The van der Waals surface area contributed by atoms with Crippen molar-refractivity contribution in [1.29, 1.82) is 0 Å². The van der Waals surface area contributed by atoms with Crippen LogP contribution in [0, 0.1) is 0 Å². The summed E-state index contributed by atoms with van der Waals surface area (Å²) in [5.41, 5.74) is 1.40. The molecule has 52 valence electrons. The van der Waals surface area contributed by atoms with Crippen molar-refractivity contribution in [2.45, 2.75) is 0 Å². The molecule has 1 aliphatic rings. The van der Waals surface area contributed by atoms with E-state index in [2.05, 4.69) is 16.7 Å². The van der Waals surface area contributed by atoms with Gasteiger partial charge in [0.2, 0.25) is 0 Å². The molecular weight excluding hydrogens is 112 g/mol. The molecule has 0 radical (unpaired) electrons. The standard InChI is InChI=1S/C7H12N2.H2/c1-8-5-7-3-2-4-9-6-7;/h2-4,8-9H,5-6H2,1H3;1H. The maximum atomic E-state index is 3.13. The maximum Gasteiger partial charge on any atom is 0.0370 e. The minimum absolute atomic E-state index is 0. The van der Waals surface area contributed by atoms with Crippen molar-refractivity contribution in [2.75, 3.05) is 20.1 Å². The van der Waals surface area contributed by atoms with E-state index >= 15 is 0 Å². The second-order valence-corrected chi connectivity index (χ2v) is 2.10. The fraction of sp³-hybridized carbons (Fsp3) is 0.429. The van der Waals surface area contributed by atoms with Crippen LogP contribution in [0.2, 0.25) is 0 Å². The summed E-state index contributed by atoms with van der Waals surface area (Å²) in [7, 11) is 1.96. The van der Waals surface area contributed by atoms with Crippen LogP contribution in [0.5, 0.6) is 0 Å². The van der Waals surface area contributed by atoms with E-state index in [-0.39, 0.29) is 1.43 Å². The van der Waals surface area contributed by atoms with E-state index < -0.39 is 0 Å². The van der Waals surface area contributed by atoms with Gasteiger partial charge in [-0.2, -0.15) is 0 Å². The number of likely N-dealkylation sites (N-methyl/N-ethyl adjacent to an activating group) is 1. The minimum Gasteiger partial charge on any atom is -0.387 e. The van der Waals surface area contributed by atoms with Crippen molar-refractivity contribution >= 4 is 0 Å². The van der Waals surface area contributed by atoms with Gasteiger partial charge in [0.25, 0.3) is 0 Å². The van der Waals surface area contributed by atoms with Gasteiger partial charge in [0.1, 0.15) is 0 Å². The third-order valence-electron chi connectivity index (χ3n) is 1.28. The number of allylic oxidation sites excluding steroid dienone is 2. The Morgan fingerprint density at radius 1 is 1.89 bits per heavy atom. The summed E-state index contributed by atoms with van der Waals surface area (Å²) in [4.78, 5) is 0. The molecule has 0 fully saturated rings. The first-order valence-corrected chi connectivity index (χ1v) is 3.16. The third kappa shape index (κ3) is 1.90. The Kier molecular flexibility index (Phi) is 2.33. The Morgan fingerprint density at radius 3 is 3.33 bits per heavy atom. The fourth-order valence-electron chi connectivity index (χ4n) is 0.850. The van der Waals surface area contributed by atoms with E-state index in [1.54, 1.807) is 0 Å². The van der Waals surface area contributed by atoms with Crippen LogP contribution in [0.25, 0.3) is 0 Å². The SMILES string of the molecule is CNCC1=CC=CNC1.[HH]. The van der Waals surface area contributed by atoms with Crippen LogP contribution in [0.1, 0.15) is 1.43 Å². The highest BCUT2D eigenvalue weighted by Crippen LogP contribution is 1.94. The van der Waals surface area contributed by atoms with Crippen LogP contribution in [0.15, 0.2) is 23.9 Å². The Balaban J connectivity index is 0.000000810. The smallest absolute Gasteiger partial charge is 0.0370 e. The zero-order valence-corrected chi connectivity index (χ0v) is 5.65. The summed E-state index contributed by atoms with van der Waals surface area (Å²) in [6, 6.07) is 0. The molecule has 9 heavy (non-hydrogen) atoms. The van der Waals surface area contributed by atoms with Gasteiger partial charge < -0.3 is 10.6 Å². The molecular formula is C7H14N2. The number of hydrogen-bond donors (Lipinski definition) is 2. The predicted octanol–water partition coefficient (Wildman–Crippen LogP) is 0.495. The molecule has 1 heterocycles. The van der Waals surface area contributed by atoms with Crippen LogP contribution < -0.4 is 10.6 Å². The van der Waals surface area contributed by atoms with Crippen LogP contribution >= 0.6 is 0 Å². The van der Waals surface area contributed by atoms with Gasteiger partial charge in [-0.15, -0.1) is 0 Å². The Labute approximate surface area is 57.1 Å². The first-order valence-electron chi connectivity index (χ1n) is 3.16. The topological polar surface area (TPSA) is 24.1 Å². The van der Waals surface area contributed by atoms with Crippen LogP contribution in [0.4, 0.5) is 0 Å². The van der Waals surface area contributed by atoms with Crippen molar-refractivity contribution in [3.63, 3.8) is 0 Å². The molecule has 0 saturated carbocycles. The molecule has 0 aromatic heterocycles. The number of nitrogens with one attached hydrogen (secondary N) is 2. The highest BCUT2D eigenvalue weighted by atomic mass is 14.9. The molecule has 0 spiro atoms. The van der Waals surface area contributed by atoms with Crippen molar-refractivity contribution < 1.29 is 1.43 Å². The normalized spacial score (nSPS) is 16.8. The van der Waals surface area contributed by atoms with Gasteiger partial charge in [-0.05, 0) is 24.9 Å². The third-order valence-corrected chi connectivity index (χ3v) is 1.28. The molecule has 0 amide bonds. The maximum absolute atomic E-state index is 3.13. The average Bonchev–Trinajstić information content (AvgIpc) is 1.91. The molecule has 0 saturated heterocycles. The second-order valence-electron chi connectivity index (χ2n) is 2.10. The van der Waals surface area contributed by atoms with E-state index in [0.29, 0.717) is 0 Å². The minimum atomic E-state index is 0. The molecule has 0 aliphatic carbocycles. The van der Waals surface area contributed by atoms with Gasteiger partial charge in [-0.3, -0.25) is 0 Å². The lowest BCUT2D eigenvalue weighted by atomic mass is 10.2. The summed E-state index contributed by atoms with van der Waals surface area (Å²) in [6.45, 7) is 1.97. The lowest BCUT2D eigenvalue weighted by Gasteiger charge is -2.08. The van der Waals surface area contributed by atoms with Crippen LogP contribution in [0.3, 0.4) is 0 Å². The van der Waals surface area contributed by atoms with Gasteiger partial charge in [-0.1, -0.05) is 6.08 Å². The van der Waals surface area contributed by atoms with Gasteiger partial charge in [0.15, 0.2) is 0 Å². The first-order chi connectivity index (χ1) is 4.43. The lowest BCUT2D eigenvalue weighted by Crippen LogP contribution is -2.20. The van der Waals surface area contributed by atoms with Crippen LogP contribution in [-0.2, 0) is 0 Å². The molecule has 1 aliphatic heterocycles. The summed E-state index contributed by atoms with van der Waals surface area (Å²) >= 11 is 0. The monoisotopic (exact) mass is 126 g/mol. The van der Waals surface area contributed by atoms with E-state index in [1.165, 1.54) is 5.57 Å². The second kappa shape index (κ2) is 3.30. The molecule has 0 atom stereocenters. The molecule has 1 rings (SSSR count). The van der Waals surface area contributed by atoms with Gasteiger partial charge in [0.05, 0.1) is 0 Å². The van der Waals surface area contributed by atoms with E-state index in [0.717, 1.165) is 13.1 Å². The Bertz CT molecular complexity index is 141. The molecule has 2 nitrogen and oxygen atoms in total. The zero-order chi connectivity index (χ0) is 6.53. The molecule has 0 bridgehead atoms. The van der Waals surface area contributed by atoms with Gasteiger partial charge in [0, 0.05) is 14.5 Å². The highest BCUT2D eigenvalue weighted by Gasteiger charge is 1.94. The molecule has 0 aromatic rings. The average molecular weight is 126 g/mol. The van der Waals surface area contributed by atoms with Crippen molar-refractivity contribution in [2.24, 2.45) is 0 Å². The summed E-state index contributed by atoms with van der Waals surface area (Å²) < 4.78 is 0. The fourth-order valence-corrected chi connectivity index (χ4v) is 0.850. The number of rotatable bonds is 2. The van der Waals surface area contributed by atoms with E-state index in [4.69, 9.17) is 0 Å². The number of dihydropyridines is 1. The largest absolute Gasteiger partial charge is 0.387 e. The summed E-state index contributed by atoms with van der Waals surface area (Å²) in [6.07, 6.45) is 6.11. The molecule has 0 unspecified atom stereocenters. The molecule has 2 N–H and O–H groups in total. The quantitative estimate of drug-likeness (QED) is 0.563. The molecule has 0 aromatic carbocycles. The van der Waals surface area contributed by atoms with Crippen molar-refractivity contribution in [3.05, 3.63) is 23.9 Å². The summed E-state index contributed by atoms with van der Waals surface area (Å²) in [5.74, 6) is 0. The number of hydrogen-bond acceptors (Lipinski definition) is 2. The van der Waals surface area contributed by atoms with E-state index in [1.807, 2.05) is 19.3 Å². The highest BCUT2D eigenvalue weighted by molar-refractivity contribution is 5.19. The summed E-state index contributed by atoms with van der Waals surface area (Å²) in [5, 5.41) is 6.23. The molecule has 2 heteroatoms. The predicted molar refractivity (Wildman–Crippen MR) is 41.3 cm³/mol. The Morgan fingerprint density at radius 2 is 2.78 bits per heavy atom. The van der Waals surface area contributed by atoms with Gasteiger partial charge >= 0.3 is 0 Å². The zero-order valence-electron chi connectivity index (χ0n) is 5.65. The lowest BCUT2D eigenvalue weighted by molar-refractivity contribution is 0.810. The first kappa shape index (κ1) is 6.36. The van der Waals surface area contributed by atoms with E-state index in [9.17, 15) is 0 Å². The van der Waals surface area contributed by atoms with Crippen molar-refractivity contribution in [3.8, 4) is 0 Å².